The molecule has 0 saturated carbocycles. The van der Waals surface area contributed by atoms with E-state index in [0.29, 0.717) is 0 Å². The SMILES string of the molecule is CCCCN(CC)c1cc(C)nc2c1NCCN2c1c(C)cc(C)cc1C. The number of pyridine rings is 1. The zero-order valence-electron chi connectivity index (χ0n) is 17.8. The van der Waals surface area contributed by atoms with Crippen molar-refractivity contribution in [3.63, 3.8) is 0 Å². The van der Waals surface area contributed by atoms with Crippen molar-refractivity contribution in [2.24, 2.45) is 0 Å². The van der Waals surface area contributed by atoms with Crippen molar-refractivity contribution >= 4 is 22.9 Å². The highest BCUT2D eigenvalue weighted by Crippen LogP contribution is 2.42. The average molecular weight is 367 g/mol. The Morgan fingerprint density at radius 1 is 1.07 bits per heavy atom. The maximum Gasteiger partial charge on any atom is 0.158 e. The molecule has 1 aromatic carbocycles. The van der Waals surface area contributed by atoms with E-state index in [9.17, 15) is 0 Å². The molecule has 0 atom stereocenters. The number of hydrogen-bond donors (Lipinski definition) is 1. The predicted octanol–water partition coefficient (Wildman–Crippen LogP) is 5.51. The number of aryl methyl sites for hydroxylation is 4. The molecule has 0 fully saturated rings. The van der Waals surface area contributed by atoms with Gasteiger partial charge in [-0.15, -0.1) is 0 Å². The van der Waals surface area contributed by atoms with Gasteiger partial charge in [-0.25, -0.2) is 4.98 Å². The van der Waals surface area contributed by atoms with Crippen molar-refractivity contribution in [3.05, 3.63) is 40.6 Å². The molecule has 146 valence electrons. The highest BCUT2D eigenvalue weighted by molar-refractivity contribution is 5.87. The summed E-state index contributed by atoms with van der Waals surface area (Å²) in [4.78, 5) is 9.88. The van der Waals surface area contributed by atoms with Gasteiger partial charge in [0.1, 0.15) is 5.69 Å². The Morgan fingerprint density at radius 3 is 2.41 bits per heavy atom. The standard InChI is InChI=1S/C23H34N4/c1-7-9-11-26(8-2)20-15-19(6)25-23-21(20)24-10-12-27(23)22-17(4)13-16(3)14-18(22)5/h13-15,24H,7-12H2,1-6H3. The smallest absolute Gasteiger partial charge is 0.158 e. The lowest BCUT2D eigenvalue weighted by Gasteiger charge is -2.36. The third kappa shape index (κ3) is 3.90. The molecular weight excluding hydrogens is 332 g/mol. The van der Waals surface area contributed by atoms with Crippen molar-refractivity contribution in [3.8, 4) is 0 Å². The van der Waals surface area contributed by atoms with E-state index < -0.39 is 0 Å². The van der Waals surface area contributed by atoms with Crippen LogP contribution in [0.5, 0.6) is 0 Å². The molecule has 0 unspecified atom stereocenters. The number of anilines is 4. The molecule has 0 radical (unpaired) electrons. The minimum absolute atomic E-state index is 0.933. The number of unbranched alkanes of at least 4 members (excludes halogenated alkanes) is 1. The van der Waals surface area contributed by atoms with E-state index in [4.69, 9.17) is 4.98 Å². The lowest BCUT2D eigenvalue weighted by molar-refractivity contribution is 0.730. The Labute approximate surface area is 164 Å². The lowest BCUT2D eigenvalue weighted by Crippen LogP contribution is -2.34. The highest BCUT2D eigenvalue weighted by atomic mass is 15.3. The zero-order valence-corrected chi connectivity index (χ0v) is 17.8. The molecule has 1 aliphatic rings. The number of benzene rings is 1. The van der Waals surface area contributed by atoms with Crippen LogP contribution in [0.2, 0.25) is 0 Å². The van der Waals surface area contributed by atoms with Gasteiger partial charge in [0.2, 0.25) is 0 Å². The van der Waals surface area contributed by atoms with Crippen LogP contribution in [0.3, 0.4) is 0 Å². The van der Waals surface area contributed by atoms with E-state index in [1.54, 1.807) is 0 Å². The first-order chi connectivity index (χ1) is 13.0. The first-order valence-electron chi connectivity index (χ1n) is 10.3. The average Bonchev–Trinajstić information content (AvgIpc) is 2.61. The highest BCUT2D eigenvalue weighted by Gasteiger charge is 2.26. The van der Waals surface area contributed by atoms with Crippen LogP contribution in [0.1, 0.15) is 49.1 Å². The molecule has 0 spiro atoms. The molecule has 27 heavy (non-hydrogen) atoms. The first-order valence-corrected chi connectivity index (χ1v) is 10.3. The predicted molar refractivity (Wildman–Crippen MR) is 118 cm³/mol. The van der Waals surface area contributed by atoms with Crippen LogP contribution >= 0.6 is 0 Å². The van der Waals surface area contributed by atoms with Gasteiger partial charge in [0, 0.05) is 37.6 Å². The molecule has 1 aliphatic heterocycles. The Balaban J connectivity index is 2.11. The monoisotopic (exact) mass is 366 g/mol. The second-order valence-electron chi connectivity index (χ2n) is 7.74. The number of nitrogens with one attached hydrogen (secondary N) is 1. The number of hydrogen-bond acceptors (Lipinski definition) is 4. The molecule has 2 aromatic rings. The second kappa shape index (κ2) is 8.20. The summed E-state index contributed by atoms with van der Waals surface area (Å²) in [7, 11) is 0. The summed E-state index contributed by atoms with van der Waals surface area (Å²) >= 11 is 0. The zero-order chi connectivity index (χ0) is 19.6. The first kappa shape index (κ1) is 19.5. The molecule has 0 saturated heterocycles. The summed E-state index contributed by atoms with van der Waals surface area (Å²) in [5.41, 5.74) is 8.83. The van der Waals surface area contributed by atoms with Gasteiger partial charge >= 0.3 is 0 Å². The quantitative estimate of drug-likeness (QED) is 0.731. The lowest BCUT2D eigenvalue weighted by atomic mass is 10.0. The molecule has 1 aromatic heterocycles. The molecule has 3 rings (SSSR count). The number of rotatable bonds is 6. The maximum absolute atomic E-state index is 4.97. The molecule has 1 N–H and O–H groups in total. The Kier molecular flexibility index (Phi) is 5.93. The van der Waals surface area contributed by atoms with Crippen LogP contribution in [0, 0.1) is 27.7 Å². The largest absolute Gasteiger partial charge is 0.379 e. The van der Waals surface area contributed by atoms with Crippen molar-refractivity contribution in [1.29, 1.82) is 0 Å². The summed E-state index contributed by atoms with van der Waals surface area (Å²) in [6.45, 7) is 17.2. The fraction of sp³-hybridized carbons (Fsp3) is 0.522. The van der Waals surface area contributed by atoms with Gasteiger partial charge in [-0.1, -0.05) is 31.0 Å². The van der Waals surface area contributed by atoms with E-state index in [2.05, 4.69) is 74.9 Å². The number of aromatic nitrogens is 1. The van der Waals surface area contributed by atoms with Gasteiger partial charge < -0.3 is 15.1 Å². The normalized spacial score (nSPS) is 13.3. The van der Waals surface area contributed by atoms with Gasteiger partial charge in [0.05, 0.1) is 5.69 Å². The second-order valence-corrected chi connectivity index (χ2v) is 7.74. The van der Waals surface area contributed by atoms with Gasteiger partial charge in [0.25, 0.3) is 0 Å². The number of fused-ring (bicyclic) bond motifs is 1. The molecule has 2 heterocycles. The topological polar surface area (TPSA) is 31.4 Å². The summed E-state index contributed by atoms with van der Waals surface area (Å²) in [6, 6.07) is 6.80. The van der Waals surface area contributed by atoms with Crippen molar-refractivity contribution in [2.75, 3.05) is 41.3 Å². The van der Waals surface area contributed by atoms with Gasteiger partial charge in [-0.2, -0.15) is 0 Å². The van der Waals surface area contributed by atoms with E-state index in [-0.39, 0.29) is 0 Å². The van der Waals surface area contributed by atoms with E-state index >= 15 is 0 Å². The van der Waals surface area contributed by atoms with Crippen molar-refractivity contribution < 1.29 is 0 Å². The van der Waals surface area contributed by atoms with Crippen molar-refractivity contribution in [2.45, 2.75) is 54.4 Å². The summed E-state index contributed by atoms with van der Waals surface area (Å²) in [5.74, 6) is 1.07. The minimum atomic E-state index is 0.933. The van der Waals surface area contributed by atoms with Crippen LogP contribution in [0.4, 0.5) is 22.9 Å². The van der Waals surface area contributed by atoms with Gasteiger partial charge in [-0.05, 0) is 58.2 Å². The van der Waals surface area contributed by atoms with Crippen LogP contribution in [0.25, 0.3) is 0 Å². The Hall–Kier alpha value is -2.23. The van der Waals surface area contributed by atoms with E-state index in [1.165, 1.54) is 46.6 Å². The summed E-state index contributed by atoms with van der Waals surface area (Å²) in [5, 5.41) is 3.65. The van der Waals surface area contributed by atoms with Crippen LogP contribution < -0.4 is 15.1 Å². The van der Waals surface area contributed by atoms with Gasteiger partial charge in [-0.3, -0.25) is 0 Å². The van der Waals surface area contributed by atoms with Crippen molar-refractivity contribution in [1.82, 2.24) is 4.98 Å². The molecule has 0 amide bonds. The van der Waals surface area contributed by atoms with Gasteiger partial charge in [0.15, 0.2) is 5.82 Å². The summed E-state index contributed by atoms with van der Waals surface area (Å²) in [6.07, 6.45) is 2.42. The number of nitrogens with zero attached hydrogens (tertiary/aromatic N) is 3. The fourth-order valence-electron chi connectivity index (χ4n) is 4.27. The Morgan fingerprint density at radius 2 is 1.78 bits per heavy atom. The third-order valence-corrected chi connectivity index (χ3v) is 5.41. The van der Waals surface area contributed by atoms with E-state index in [0.717, 1.165) is 37.7 Å². The fourth-order valence-corrected chi connectivity index (χ4v) is 4.27. The van der Waals surface area contributed by atoms with Crippen LogP contribution in [0.15, 0.2) is 18.2 Å². The van der Waals surface area contributed by atoms with E-state index in [1.807, 2.05) is 0 Å². The van der Waals surface area contributed by atoms with Crippen LogP contribution in [-0.4, -0.2) is 31.2 Å². The molecule has 0 bridgehead atoms. The molecular formula is C23H34N4. The third-order valence-electron chi connectivity index (χ3n) is 5.41. The maximum atomic E-state index is 4.97. The molecule has 4 nitrogen and oxygen atoms in total. The molecule has 4 heteroatoms. The minimum Gasteiger partial charge on any atom is -0.379 e. The Bertz CT molecular complexity index is 789. The van der Waals surface area contributed by atoms with Crippen LogP contribution in [-0.2, 0) is 0 Å². The summed E-state index contributed by atoms with van der Waals surface area (Å²) < 4.78 is 0. The molecule has 0 aliphatic carbocycles.